The van der Waals surface area contributed by atoms with Crippen LogP contribution in [0.2, 0.25) is 11.6 Å². The van der Waals surface area contributed by atoms with E-state index in [2.05, 4.69) is 20.8 Å². The molecule has 0 aliphatic rings. The first-order valence-electron chi connectivity index (χ1n) is 4.23. The van der Waals surface area contributed by atoms with E-state index < -0.39 is 8.11 Å². The highest BCUT2D eigenvalue weighted by Crippen LogP contribution is 2.21. The van der Waals surface area contributed by atoms with E-state index in [1.807, 2.05) is 0 Å². The zero-order valence-electron chi connectivity index (χ0n) is 7.28. The Hall–Kier alpha value is 0.507. The highest BCUT2D eigenvalue weighted by atomic mass is 35.6. The van der Waals surface area contributed by atoms with Crippen molar-refractivity contribution in [2.24, 2.45) is 0 Å². The van der Waals surface area contributed by atoms with Gasteiger partial charge in [0.2, 0.25) is 0 Å². The lowest BCUT2D eigenvalue weighted by Gasteiger charge is -2.12. The summed E-state index contributed by atoms with van der Waals surface area (Å²) in [6.45, 7) is 6.73. The van der Waals surface area contributed by atoms with E-state index in [1.165, 1.54) is 25.3 Å². The second-order valence-corrected chi connectivity index (χ2v) is 6.70. The maximum Gasteiger partial charge on any atom is 0.168 e. The molecule has 10 heavy (non-hydrogen) atoms. The van der Waals surface area contributed by atoms with Gasteiger partial charge in [0.05, 0.1) is 0 Å². The molecule has 0 spiro atoms. The summed E-state index contributed by atoms with van der Waals surface area (Å²) in [4.78, 5) is 0. The van der Waals surface area contributed by atoms with Gasteiger partial charge in [0.15, 0.2) is 8.11 Å². The summed E-state index contributed by atoms with van der Waals surface area (Å²) in [5.41, 5.74) is 0.790. The maximum atomic E-state index is 6.21. The van der Waals surface area contributed by atoms with Crippen LogP contribution in [0.5, 0.6) is 0 Å². The topological polar surface area (TPSA) is 0 Å². The molecule has 0 bridgehead atoms. The molecule has 0 aromatic carbocycles. The Bertz CT molecular complexity index is 75.7. The molecule has 0 amide bonds. The first-order valence-corrected chi connectivity index (χ1v) is 7.03. The zero-order chi connectivity index (χ0) is 7.98. The molecular weight excluding hydrogens is 160 g/mol. The molecule has 0 saturated carbocycles. The van der Waals surface area contributed by atoms with Crippen LogP contribution < -0.4 is 0 Å². The Labute approximate surface area is 71.3 Å². The SMILES string of the molecule is CCCC[Si](Cl)C(C)CC. The molecule has 0 aromatic heterocycles. The Balaban J connectivity index is 3.31. The maximum absolute atomic E-state index is 6.21. The van der Waals surface area contributed by atoms with Crippen LogP contribution in [0, 0.1) is 0 Å². The normalized spacial score (nSPS) is 14.1. The minimum Gasteiger partial charge on any atom is -0.169 e. The van der Waals surface area contributed by atoms with Gasteiger partial charge in [-0.05, 0) is 11.6 Å². The lowest BCUT2D eigenvalue weighted by molar-refractivity contribution is 0.826. The summed E-state index contributed by atoms with van der Waals surface area (Å²) in [6, 6.07) is 1.29. The summed E-state index contributed by atoms with van der Waals surface area (Å²) in [7, 11) is -0.509. The molecule has 0 rings (SSSR count). The molecule has 1 unspecified atom stereocenters. The number of unbranched alkanes of at least 4 members (excludes halogenated alkanes) is 1. The molecule has 0 N–H and O–H groups in total. The van der Waals surface area contributed by atoms with Gasteiger partial charge in [-0.2, -0.15) is 11.1 Å². The highest BCUT2D eigenvalue weighted by Gasteiger charge is 2.13. The summed E-state index contributed by atoms with van der Waals surface area (Å²) in [5.74, 6) is 0. The largest absolute Gasteiger partial charge is 0.169 e. The van der Waals surface area contributed by atoms with Gasteiger partial charge in [0, 0.05) is 0 Å². The molecule has 0 aliphatic carbocycles. The number of rotatable bonds is 5. The van der Waals surface area contributed by atoms with Crippen LogP contribution in [0.15, 0.2) is 0 Å². The number of hydrogen-bond donors (Lipinski definition) is 0. The molecule has 61 valence electrons. The smallest absolute Gasteiger partial charge is 0.168 e. The van der Waals surface area contributed by atoms with Crippen molar-refractivity contribution < 1.29 is 0 Å². The summed E-state index contributed by atoms with van der Waals surface area (Å²) in [6.07, 6.45) is 3.86. The monoisotopic (exact) mass is 177 g/mol. The Morgan fingerprint density at radius 2 is 2.00 bits per heavy atom. The number of hydrogen-bond acceptors (Lipinski definition) is 0. The third-order valence-electron chi connectivity index (χ3n) is 1.92. The Morgan fingerprint density at radius 1 is 1.40 bits per heavy atom. The van der Waals surface area contributed by atoms with Gasteiger partial charge in [-0.1, -0.05) is 40.0 Å². The van der Waals surface area contributed by atoms with Gasteiger partial charge in [-0.15, -0.1) is 0 Å². The van der Waals surface area contributed by atoms with Crippen LogP contribution in [-0.2, 0) is 0 Å². The van der Waals surface area contributed by atoms with Crippen molar-refractivity contribution in [3.05, 3.63) is 0 Å². The van der Waals surface area contributed by atoms with Crippen LogP contribution in [0.3, 0.4) is 0 Å². The van der Waals surface area contributed by atoms with Crippen molar-refractivity contribution in [1.82, 2.24) is 0 Å². The molecule has 0 saturated heterocycles. The van der Waals surface area contributed by atoms with Gasteiger partial charge in [0.25, 0.3) is 0 Å². The van der Waals surface area contributed by atoms with E-state index >= 15 is 0 Å². The van der Waals surface area contributed by atoms with E-state index in [0.29, 0.717) is 0 Å². The second-order valence-electron chi connectivity index (χ2n) is 2.86. The van der Waals surface area contributed by atoms with E-state index in [1.54, 1.807) is 0 Å². The molecule has 0 aromatic rings. The molecule has 1 radical (unpaired) electrons. The molecule has 0 heterocycles. The molecule has 0 nitrogen and oxygen atoms in total. The molecule has 0 fully saturated rings. The summed E-state index contributed by atoms with van der Waals surface area (Å²) >= 11 is 6.21. The molecule has 0 aliphatic heterocycles. The van der Waals surface area contributed by atoms with Crippen LogP contribution in [0.25, 0.3) is 0 Å². The second kappa shape index (κ2) is 6.23. The van der Waals surface area contributed by atoms with Gasteiger partial charge < -0.3 is 0 Å². The summed E-state index contributed by atoms with van der Waals surface area (Å²) < 4.78 is 0. The first kappa shape index (κ1) is 10.5. The highest BCUT2D eigenvalue weighted by molar-refractivity contribution is 7.07. The van der Waals surface area contributed by atoms with Crippen molar-refractivity contribution >= 4 is 19.2 Å². The molecular formula is C8H18ClSi. The standard InChI is InChI=1S/C8H18ClSi/c1-4-6-7-10(9)8(3)5-2/h8H,4-7H2,1-3H3. The van der Waals surface area contributed by atoms with Crippen molar-refractivity contribution in [3.8, 4) is 0 Å². The fourth-order valence-corrected chi connectivity index (χ4v) is 3.30. The lowest BCUT2D eigenvalue weighted by atomic mass is 10.4. The Morgan fingerprint density at radius 3 is 2.40 bits per heavy atom. The van der Waals surface area contributed by atoms with Gasteiger partial charge >= 0.3 is 0 Å². The van der Waals surface area contributed by atoms with E-state index in [4.69, 9.17) is 11.1 Å². The van der Waals surface area contributed by atoms with Crippen LogP contribution in [0.1, 0.15) is 40.0 Å². The Kier molecular flexibility index (Phi) is 6.55. The van der Waals surface area contributed by atoms with Gasteiger partial charge in [0.1, 0.15) is 0 Å². The average Bonchev–Trinajstić information content (AvgIpc) is 1.98. The molecule has 2 heteroatoms. The fraction of sp³-hybridized carbons (Fsp3) is 1.00. The van der Waals surface area contributed by atoms with Crippen molar-refractivity contribution in [3.63, 3.8) is 0 Å². The minimum atomic E-state index is -0.509. The predicted molar refractivity (Wildman–Crippen MR) is 51.0 cm³/mol. The minimum absolute atomic E-state index is 0.509. The van der Waals surface area contributed by atoms with Gasteiger partial charge in [-0.25, -0.2) is 0 Å². The first-order chi connectivity index (χ1) is 4.72. The fourth-order valence-electron chi connectivity index (χ4n) is 0.814. The van der Waals surface area contributed by atoms with Crippen LogP contribution >= 0.6 is 11.1 Å². The quantitative estimate of drug-likeness (QED) is 0.443. The van der Waals surface area contributed by atoms with E-state index in [9.17, 15) is 0 Å². The van der Waals surface area contributed by atoms with E-state index in [0.717, 1.165) is 5.54 Å². The molecule has 1 atom stereocenters. The van der Waals surface area contributed by atoms with Crippen LogP contribution in [-0.4, -0.2) is 8.11 Å². The zero-order valence-corrected chi connectivity index (χ0v) is 9.04. The van der Waals surface area contributed by atoms with Crippen molar-refractivity contribution in [2.45, 2.75) is 51.6 Å². The van der Waals surface area contributed by atoms with Crippen molar-refractivity contribution in [2.75, 3.05) is 0 Å². The predicted octanol–water partition coefficient (Wildman–Crippen LogP) is 3.82. The van der Waals surface area contributed by atoms with Gasteiger partial charge in [-0.3, -0.25) is 0 Å². The van der Waals surface area contributed by atoms with E-state index in [-0.39, 0.29) is 0 Å². The summed E-state index contributed by atoms with van der Waals surface area (Å²) in [5, 5.41) is 0. The van der Waals surface area contributed by atoms with Crippen molar-refractivity contribution in [1.29, 1.82) is 0 Å². The third-order valence-corrected chi connectivity index (χ3v) is 5.91. The third kappa shape index (κ3) is 4.34. The average molecular weight is 178 g/mol. The van der Waals surface area contributed by atoms with Crippen LogP contribution in [0.4, 0.5) is 0 Å². The number of halogens is 1. The lowest BCUT2D eigenvalue weighted by Crippen LogP contribution is -2.09.